The van der Waals surface area contributed by atoms with Crippen molar-refractivity contribution in [3.63, 3.8) is 0 Å². The van der Waals surface area contributed by atoms with E-state index in [1.165, 1.54) is 0 Å². The van der Waals surface area contributed by atoms with E-state index in [0.717, 1.165) is 0 Å². The molecular weight excluding hydrogens is 218 g/mol. The average molecular weight is 229 g/mol. The molecule has 2 aromatic rings. The van der Waals surface area contributed by atoms with Crippen molar-refractivity contribution in [3.8, 4) is 0 Å². The van der Waals surface area contributed by atoms with Gasteiger partial charge in [0.15, 0.2) is 0 Å². The minimum absolute atomic E-state index is 0.0532. The van der Waals surface area contributed by atoms with Crippen molar-refractivity contribution < 1.29 is 4.92 Å². The second-order valence-corrected chi connectivity index (χ2v) is 3.46. The van der Waals surface area contributed by atoms with Crippen LogP contribution >= 0.6 is 0 Å². The van der Waals surface area contributed by atoms with Crippen LogP contribution in [0.15, 0.2) is 43.1 Å². The topological polar surface area (TPSA) is 68.1 Å². The Morgan fingerprint density at radius 1 is 1.47 bits per heavy atom. The summed E-state index contributed by atoms with van der Waals surface area (Å²) in [5, 5.41) is 14.6. The van der Waals surface area contributed by atoms with Crippen LogP contribution in [-0.4, -0.2) is 16.5 Å². The standard InChI is InChI=1S/C12H11N3O2/c1-2-7-13-11-6-5-10-9(4-3-8-14-10)12(11)15(16)17/h2-6,8,13H,1,7H2. The number of nitro benzene ring substituents is 1. The van der Waals surface area contributed by atoms with Gasteiger partial charge in [-0.15, -0.1) is 6.58 Å². The van der Waals surface area contributed by atoms with Gasteiger partial charge in [-0.1, -0.05) is 6.08 Å². The highest BCUT2D eigenvalue weighted by atomic mass is 16.6. The fraction of sp³-hybridized carbons (Fsp3) is 0.0833. The molecule has 17 heavy (non-hydrogen) atoms. The van der Waals surface area contributed by atoms with E-state index in [2.05, 4.69) is 16.9 Å². The molecule has 0 aliphatic carbocycles. The lowest BCUT2D eigenvalue weighted by atomic mass is 10.1. The van der Waals surface area contributed by atoms with Crippen LogP contribution in [0, 0.1) is 10.1 Å². The molecule has 1 heterocycles. The molecule has 0 atom stereocenters. The van der Waals surface area contributed by atoms with Crippen molar-refractivity contribution >= 4 is 22.3 Å². The molecule has 5 heteroatoms. The Morgan fingerprint density at radius 3 is 3.00 bits per heavy atom. The van der Waals surface area contributed by atoms with E-state index < -0.39 is 4.92 Å². The Hall–Kier alpha value is -2.43. The third-order valence-electron chi connectivity index (χ3n) is 2.38. The molecule has 2 rings (SSSR count). The summed E-state index contributed by atoms with van der Waals surface area (Å²) in [5.41, 5.74) is 1.15. The van der Waals surface area contributed by atoms with Crippen LogP contribution in [0.3, 0.4) is 0 Å². The number of rotatable bonds is 4. The molecule has 0 aliphatic heterocycles. The molecule has 0 radical (unpaired) electrons. The summed E-state index contributed by atoms with van der Waals surface area (Å²) in [4.78, 5) is 14.8. The van der Waals surface area contributed by atoms with Crippen LogP contribution in [0.25, 0.3) is 10.9 Å². The zero-order valence-corrected chi connectivity index (χ0v) is 9.09. The Kier molecular flexibility index (Phi) is 3.00. The minimum Gasteiger partial charge on any atom is -0.376 e. The molecule has 1 N–H and O–H groups in total. The van der Waals surface area contributed by atoms with Crippen LogP contribution < -0.4 is 5.32 Å². The number of hydrogen-bond acceptors (Lipinski definition) is 4. The van der Waals surface area contributed by atoms with E-state index in [1.54, 1.807) is 36.5 Å². The number of aromatic nitrogens is 1. The van der Waals surface area contributed by atoms with Gasteiger partial charge in [0.25, 0.3) is 0 Å². The van der Waals surface area contributed by atoms with Gasteiger partial charge in [0.1, 0.15) is 5.69 Å². The van der Waals surface area contributed by atoms with Crippen molar-refractivity contribution in [2.45, 2.75) is 0 Å². The first-order valence-electron chi connectivity index (χ1n) is 5.11. The maximum absolute atomic E-state index is 11.1. The van der Waals surface area contributed by atoms with Crippen molar-refractivity contribution in [1.82, 2.24) is 4.98 Å². The molecular formula is C12H11N3O2. The van der Waals surface area contributed by atoms with E-state index in [0.29, 0.717) is 23.1 Å². The first-order valence-corrected chi connectivity index (χ1v) is 5.11. The number of anilines is 1. The zero-order valence-electron chi connectivity index (χ0n) is 9.09. The lowest BCUT2D eigenvalue weighted by Gasteiger charge is -2.06. The Bertz CT molecular complexity index is 581. The van der Waals surface area contributed by atoms with Gasteiger partial charge in [-0.25, -0.2) is 0 Å². The van der Waals surface area contributed by atoms with Crippen LogP contribution in [0.4, 0.5) is 11.4 Å². The summed E-state index contributed by atoms with van der Waals surface area (Å²) in [7, 11) is 0. The summed E-state index contributed by atoms with van der Waals surface area (Å²) >= 11 is 0. The summed E-state index contributed by atoms with van der Waals surface area (Å²) in [6.45, 7) is 4.05. The largest absolute Gasteiger partial charge is 0.376 e. The Morgan fingerprint density at radius 2 is 2.29 bits per heavy atom. The van der Waals surface area contributed by atoms with E-state index in [4.69, 9.17) is 0 Å². The molecule has 86 valence electrons. The van der Waals surface area contributed by atoms with Gasteiger partial charge >= 0.3 is 5.69 Å². The molecule has 0 amide bonds. The van der Waals surface area contributed by atoms with Gasteiger partial charge in [-0.05, 0) is 24.3 Å². The van der Waals surface area contributed by atoms with Crippen molar-refractivity contribution in [2.24, 2.45) is 0 Å². The van der Waals surface area contributed by atoms with Crippen molar-refractivity contribution in [3.05, 3.63) is 53.2 Å². The molecule has 5 nitrogen and oxygen atoms in total. The number of nitrogens with one attached hydrogen (secondary N) is 1. The maximum atomic E-state index is 11.1. The van der Waals surface area contributed by atoms with Gasteiger partial charge in [0.2, 0.25) is 0 Å². The fourth-order valence-corrected chi connectivity index (χ4v) is 1.66. The molecule has 0 saturated carbocycles. The third kappa shape index (κ3) is 2.08. The number of nitrogens with zero attached hydrogens (tertiary/aromatic N) is 2. The molecule has 0 spiro atoms. The van der Waals surface area contributed by atoms with E-state index in [9.17, 15) is 10.1 Å². The number of pyridine rings is 1. The van der Waals surface area contributed by atoms with Crippen LogP contribution in [0.1, 0.15) is 0 Å². The highest BCUT2D eigenvalue weighted by Crippen LogP contribution is 2.32. The predicted octanol–water partition coefficient (Wildman–Crippen LogP) is 2.74. The quantitative estimate of drug-likeness (QED) is 0.497. The molecule has 0 aliphatic rings. The predicted molar refractivity (Wildman–Crippen MR) is 67.1 cm³/mol. The smallest absolute Gasteiger partial charge is 0.301 e. The van der Waals surface area contributed by atoms with Gasteiger partial charge in [-0.3, -0.25) is 15.1 Å². The molecule has 0 saturated heterocycles. The highest BCUT2D eigenvalue weighted by Gasteiger charge is 2.17. The lowest BCUT2D eigenvalue weighted by molar-refractivity contribution is -0.382. The summed E-state index contributed by atoms with van der Waals surface area (Å²) in [6, 6.07) is 6.80. The number of fused-ring (bicyclic) bond motifs is 1. The average Bonchev–Trinajstić information content (AvgIpc) is 2.35. The van der Waals surface area contributed by atoms with E-state index >= 15 is 0 Å². The maximum Gasteiger partial charge on any atom is 0.301 e. The first-order chi connectivity index (χ1) is 8.24. The summed E-state index contributed by atoms with van der Waals surface area (Å²) in [5.74, 6) is 0. The fourth-order valence-electron chi connectivity index (χ4n) is 1.66. The molecule has 1 aromatic heterocycles. The minimum atomic E-state index is -0.393. The zero-order chi connectivity index (χ0) is 12.3. The summed E-state index contributed by atoms with van der Waals surface area (Å²) in [6.07, 6.45) is 3.26. The second-order valence-electron chi connectivity index (χ2n) is 3.46. The van der Waals surface area contributed by atoms with E-state index in [1.807, 2.05) is 0 Å². The van der Waals surface area contributed by atoms with Crippen molar-refractivity contribution in [2.75, 3.05) is 11.9 Å². The monoisotopic (exact) mass is 229 g/mol. The SMILES string of the molecule is C=CCNc1ccc2ncccc2c1[N+](=O)[O-]. The summed E-state index contributed by atoms with van der Waals surface area (Å²) < 4.78 is 0. The van der Waals surface area contributed by atoms with Gasteiger partial charge in [0, 0.05) is 12.7 Å². The van der Waals surface area contributed by atoms with Crippen LogP contribution in [-0.2, 0) is 0 Å². The van der Waals surface area contributed by atoms with Crippen LogP contribution in [0.5, 0.6) is 0 Å². The molecule has 1 aromatic carbocycles. The van der Waals surface area contributed by atoms with Crippen LogP contribution in [0.2, 0.25) is 0 Å². The Labute approximate surface area is 97.9 Å². The normalized spacial score (nSPS) is 10.1. The molecule has 0 fully saturated rings. The number of benzene rings is 1. The van der Waals surface area contributed by atoms with Crippen molar-refractivity contribution in [1.29, 1.82) is 0 Å². The first kappa shape index (κ1) is 11.1. The van der Waals surface area contributed by atoms with E-state index in [-0.39, 0.29) is 5.69 Å². The van der Waals surface area contributed by atoms with Gasteiger partial charge < -0.3 is 5.32 Å². The second kappa shape index (κ2) is 4.61. The van der Waals surface area contributed by atoms with Gasteiger partial charge in [0.05, 0.1) is 15.8 Å². The highest BCUT2D eigenvalue weighted by molar-refractivity contribution is 5.94. The third-order valence-corrected chi connectivity index (χ3v) is 2.38. The number of hydrogen-bond donors (Lipinski definition) is 1. The van der Waals surface area contributed by atoms with Gasteiger partial charge in [-0.2, -0.15) is 0 Å². The number of nitro groups is 1. The molecule has 0 unspecified atom stereocenters. The lowest BCUT2D eigenvalue weighted by Crippen LogP contribution is -2.02. The Balaban J connectivity index is 2.64. The molecule has 0 bridgehead atoms.